The quantitative estimate of drug-likeness (QED) is 0.447. The molecule has 0 saturated heterocycles. The summed E-state index contributed by atoms with van der Waals surface area (Å²) in [5, 5.41) is 12.4. The van der Waals surface area contributed by atoms with Crippen molar-refractivity contribution >= 4 is 33.7 Å². The van der Waals surface area contributed by atoms with Gasteiger partial charge in [0.25, 0.3) is 0 Å². The Morgan fingerprint density at radius 3 is 2.62 bits per heavy atom. The minimum absolute atomic E-state index is 0.0759. The van der Waals surface area contributed by atoms with Gasteiger partial charge >= 0.3 is 5.97 Å². The fourth-order valence-electron chi connectivity index (χ4n) is 2.65. The van der Waals surface area contributed by atoms with E-state index in [1.165, 1.54) is 6.07 Å². The molecule has 0 aromatic heterocycles. The molecule has 2 rings (SSSR count). The zero-order valence-corrected chi connectivity index (χ0v) is 18.8. The molecule has 0 fully saturated rings. The van der Waals surface area contributed by atoms with E-state index in [-0.39, 0.29) is 12.4 Å². The number of rotatable bonds is 12. The Bertz CT molecular complexity index is 821. The van der Waals surface area contributed by atoms with Crippen LogP contribution in [0.1, 0.15) is 24.5 Å². The predicted octanol–water partition coefficient (Wildman–Crippen LogP) is 4.86. The van der Waals surface area contributed by atoms with Crippen molar-refractivity contribution in [2.75, 3.05) is 18.6 Å². The molecule has 2 aromatic rings. The summed E-state index contributed by atoms with van der Waals surface area (Å²) in [7, 11) is 0. The summed E-state index contributed by atoms with van der Waals surface area (Å²) in [6, 6.07) is 9.40. The fourth-order valence-corrected chi connectivity index (χ4v) is 3.58. The zero-order chi connectivity index (χ0) is 21.2. The van der Waals surface area contributed by atoms with Gasteiger partial charge in [-0.3, -0.25) is 4.79 Å². The van der Waals surface area contributed by atoms with Crippen LogP contribution in [0.15, 0.2) is 40.9 Å². The number of carbonyl (C=O) groups is 1. The van der Waals surface area contributed by atoms with Gasteiger partial charge in [-0.15, -0.1) is 0 Å². The second-order valence-electron chi connectivity index (χ2n) is 6.26. The number of halogens is 2. The van der Waals surface area contributed by atoms with E-state index in [1.807, 2.05) is 19.2 Å². The highest BCUT2D eigenvalue weighted by molar-refractivity contribution is 9.10. The van der Waals surface area contributed by atoms with Crippen molar-refractivity contribution in [2.24, 2.45) is 0 Å². The van der Waals surface area contributed by atoms with E-state index in [0.29, 0.717) is 36.6 Å². The molecule has 0 aliphatic carbocycles. The lowest BCUT2D eigenvalue weighted by molar-refractivity contribution is -0.139. The highest BCUT2D eigenvalue weighted by Gasteiger charge is 2.18. The van der Waals surface area contributed by atoms with Crippen molar-refractivity contribution in [1.82, 2.24) is 5.32 Å². The maximum absolute atomic E-state index is 13.8. The molecule has 158 valence electrons. The molecule has 0 bridgehead atoms. The van der Waals surface area contributed by atoms with E-state index in [9.17, 15) is 14.3 Å². The second-order valence-corrected chi connectivity index (χ2v) is 8.10. The van der Waals surface area contributed by atoms with Crippen LogP contribution in [-0.2, 0) is 17.9 Å². The van der Waals surface area contributed by atoms with Crippen molar-refractivity contribution in [3.63, 3.8) is 0 Å². The summed E-state index contributed by atoms with van der Waals surface area (Å²) < 4.78 is 26.1. The number of carboxylic acid groups (broad SMARTS) is 1. The van der Waals surface area contributed by atoms with Crippen molar-refractivity contribution in [1.29, 1.82) is 0 Å². The third-order valence-corrected chi connectivity index (χ3v) is 5.58. The smallest absolute Gasteiger partial charge is 0.320 e. The lowest BCUT2D eigenvalue weighted by Gasteiger charge is -2.18. The van der Waals surface area contributed by atoms with Crippen LogP contribution >= 0.6 is 27.7 Å². The Labute approximate surface area is 183 Å². The van der Waals surface area contributed by atoms with Crippen molar-refractivity contribution in [3.05, 3.63) is 57.8 Å². The van der Waals surface area contributed by atoms with Gasteiger partial charge in [-0.25, -0.2) is 4.39 Å². The first-order chi connectivity index (χ1) is 14.0. The van der Waals surface area contributed by atoms with Crippen LogP contribution < -0.4 is 14.8 Å². The first-order valence-electron chi connectivity index (χ1n) is 9.22. The van der Waals surface area contributed by atoms with E-state index < -0.39 is 12.0 Å². The molecule has 2 N–H and O–H groups in total. The third kappa shape index (κ3) is 7.21. The monoisotopic (exact) mass is 485 g/mol. The van der Waals surface area contributed by atoms with Crippen molar-refractivity contribution < 1.29 is 23.8 Å². The summed E-state index contributed by atoms with van der Waals surface area (Å²) in [6.07, 6.45) is 2.49. The lowest BCUT2D eigenvalue weighted by atomic mass is 10.1. The highest BCUT2D eigenvalue weighted by atomic mass is 79.9. The number of nitrogens with one attached hydrogen (secondary N) is 1. The second kappa shape index (κ2) is 12.0. The standard InChI is InChI=1S/C21H25BrFNO4S/c1-3-27-19-10-15(12-24-18(21(25)26)8-9-29-2)16(22)11-20(19)28-13-14-6-4-5-7-17(14)23/h4-7,10-11,18,24H,3,8-9,12-13H2,1-2H3,(H,25,26). The average molecular weight is 486 g/mol. The fraction of sp³-hybridized carbons (Fsp3) is 0.381. The normalized spacial score (nSPS) is 11.9. The Morgan fingerprint density at radius 1 is 1.24 bits per heavy atom. The number of carboxylic acids is 1. The topological polar surface area (TPSA) is 67.8 Å². The van der Waals surface area contributed by atoms with E-state index in [4.69, 9.17) is 9.47 Å². The Morgan fingerprint density at radius 2 is 1.97 bits per heavy atom. The van der Waals surface area contributed by atoms with Crippen LogP contribution in [0.5, 0.6) is 11.5 Å². The van der Waals surface area contributed by atoms with E-state index >= 15 is 0 Å². The molecule has 5 nitrogen and oxygen atoms in total. The SMILES string of the molecule is CCOc1cc(CNC(CCSC)C(=O)O)c(Br)cc1OCc1ccccc1F. The first kappa shape index (κ1) is 23.5. The number of hydrogen-bond acceptors (Lipinski definition) is 5. The summed E-state index contributed by atoms with van der Waals surface area (Å²) >= 11 is 5.12. The molecule has 0 aliphatic heterocycles. The van der Waals surface area contributed by atoms with Gasteiger partial charge in [0.15, 0.2) is 11.5 Å². The summed E-state index contributed by atoms with van der Waals surface area (Å²) in [5.41, 5.74) is 1.30. The van der Waals surface area contributed by atoms with Crippen LogP contribution in [0.25, 0.3) is 0 Å². The van der Waals surface area contributed by atoms with Gasteiger partial charge in [0.05, 0.1) is 6.61 Å². The van der Waals surface area contributed by atoms with Crippen LogP contribution in [0, 0.1) is 5.82 Å². The Hall–Kier alpha value is -1.77. The zero-order valence-electron chi connectivity index (χ0n) is 16.4. The molecule has 1 unspecified atom stereocenters. The maximum Gasteiger partial charge on any atom is 0.320 e. The Kier molecular flexibility index (Phi) is 9.76. The largest absolute Gasteiger partial charge is 0.490 e. The van der Waals surface area contributed by atoms with E-state index in [1.54, 1.807) is 36.0 Å². The van der Waals surface area contributed by atoms with Gasteiger partial charge in [-0.2, -0.15) is 11.8 Å². The molecule has 29 heavy (non-hydrogen) atoms. The molecule has 8 heteroatoms. The summed E-state index contributed by atoms with van der Waals surface area (Å²) in [5.74, 6) is 0.584. The van der Waals surface area contributed by atoms with Gasteiger partial charge in [-0.1, -0.05) is 34.1 Å². The van der Waals surface area contributed by atoms with Crippen LogP contribution in [-0.4, -0.2) is 35.7 Å². The van der Waals surface area contributed by atoms with Crippen LogP contribution in [0.2, 0.25) is 0 Å². The molecule has 0 heterocycles. The van der Waals surface area contributed by atoms with Gasteiger partial charge in [0.1, 0.15) is 18.5 Å². The molecule has 1 atom stereocenters. The van der Waals surface area contributed by atoms with Gasteiger partial charge in [0, 0.05) is 16.6 Å². The van der Waals surface area contributed by atoms with Gasteiger partial charge in [-0.05, 0) is 49.1 Å². The number of ether oxygens (including phenoxy) is 2. The van der Waals surface area contributed by atoms with Gasteiger partial charge in [0.2, 0.25) is 0 Å². The molecule has 0 radical (unpaired) electrons. The van der Waals surface area contributed by atoms with E-state index in [0.717, 1.165) is 15.8 Å². The van der Waals surface area contributed by atoms with Crippen LogP contribution in [0.4, 0.5) is 4.39 Å². The average Bonchev–Trinajstić information content (AvgIpc) is 2.69. The number of benzene rings is 2. The highest BCUT2D eigenvalue weighted by Crippen LogP contribution is 2.34. The molecule has 0 aliphatic rings. The number of thioether (sulfide) groups is 1. The van der Waals surface area contributed by atoms with Crippen LogP contribution in [0.3, 0.4) is 0 Å². The van der Waals surface area contributed by atoms with Gasteiger partial charge < -0.3 is 19.9 Å². The molecular weight excluding hydrogens is 461 g/mol. The molecular formula is C21H25BrFNO4S. The Balaban J connectivity index is 2.13. The molecule has 0 amide bonds. The van der Waals surface area contributed by atoms with Crippen molar-refractivity contribution in [2.45, 2.75) is 32.5 Å². The lowest BCUT2D eigenvalue weighted by Crippen LogP contribution is -2.36. The predicted molar refractivity (Wildman–Crippen MR) is 117 cm³/mol. The third-order valence-electron chi connectivity index (χ3n) is 4.20. The minimum Gasteiger partial charge on any atom is -0.490 e. The first-order valence-corrected chi connectivity index (χ1v) is 11.4. The molecule has 0 spiro atoms. The summed E-state index contributed by atoms with van der Waals surface area (Å²) in [6.45, 7) is 2.74. The maximum atomic E-state index is 13.8. The number of hydrogen-bond donors (Lipinski definition) is 2. The van der Waals surface area contributed by atoms with E-state index in [2.05, 4.69) is 21.2 Å². The van der Waals surface area contributed by atoms with Crippen molar-refractivity contribution in [3.8, 4) is 11.5 Å². The number of aliphatic carboxylic acids is 1. The molecule has 0 saturated carbocycles. The molecule has 2 aromatic carbocycles. The minimum atomic E-state index is -0.870. The summed E-state index contributed by atoms with van der Waals surface area (Å²) in [4.78, 5) is 11.4.